The number of aliphatic hydroxyl groups is 6. The van der Waals surface area contributed by atoms with Crippen LogP contribution in [0.3, 0.4) is 0 Å². The molecule has 8 nitrogen and oxygen atoms in total. The first-order valence-corrected chi connectivity index (χ1v) is 6.25. The average molecular weight is 301 g/mol. The molecule has 0 saturated carbocycles. The zero-order chi connectivity index (χ0) is 16.0. The number of benzene rings is 1. The summed E-state index contributed by atoms with van der Waals surface area (Å²) in [6, 6.07) is 8.12. The summed E-state index contributed by atoms with van der Waals surface area (Å²) in [6.45, 7) is -0.850. The van der Waals surface area contributed by atoms with Crippen molar-refractivity contribution in [2.24, 2.45) is 0 Å². The van der Waals surface area contributed by atoms with Crippen LogP contribution < -0.4 is 5.32 Å². The minimum absolute atomic E-state index is 0.374. The lowest BCUT2D eigenvalue weighted by atomic mass is 9.99. The van der Waals surface area contributed by atoms with Crippen molar-refractivity contribution in [3.63, 3.8) is 0 Å². The normalized spacial score (nSPS) is 18.4. The summed E-state index contributed by atoms with van der Waals surface area (Å²) in [4.78, 5) is 11.7. The van der Waals surface area contributed by atoms with Crippen molar-refractivity contribution in [3.05, 3.63) is 30.3 Å². The molecule has 0 spiro atoms. The molecule has 0 aliphatic rings. The van der Waals surface area contributed by atoms with E-state index in [1.54, 1.807) is 30.3 Å². The van der Waals surface area contributed by atoms with Crippen LogP contribution in [0.15, 0.2) is 30.3 Å². The highest BCUT2D eigenvalue weighted by Gasteiger charge is 2.37. The van der Waals surface area contributed by atoms with Gasteiger partial charge in [-0.2, -0.15) is 0 Å². The molecule has 1 amide bonds. The predicted molar refractivity (Wildman–Crippen MR) is 72.2 cm³/mol. The summed E-state index contributed by atoms with van der Waals surface area (Å²) in [5.41, 5.74) is 0.374. The molecule has 1 aromatic carbocycles. The molecule has 1 rings (SSSR count). The Morgan fingerprint density at radius 2 is 1.52 bits per heavy atom. The monoisotopic (exact) mass is 301 g/mol. The van der Waals surface area contributed by atoms with Gasteiger partial charge in [-0.15, -0.1) is 0 Å². The van der Waals surface area contributed by atoms with E-state index in [1.807, 2.05) is 0 Å². The number of anilines is 1. The molecule has 0 unspecified atom stereocenters. The lowest BCUT2D eigenvalue weighted by Crippen LogP contribution is -2.52. The van der Waals surface area contributed by atoms with Gasteiger partial charge in [-0.1, -0.05) is 18.2 Å². The van der Waals surface area contributed by atoms with Crippen molar-refractivity contribution in [1.82, 2.24) is 0 Å². The minimum Gasteiger partial charge on any atom is -0.394 e. The molecular weight excluding hydrogens is 282 g/mol. The van der Waals surface area contributed by atoms with Crippen LogP contribution >= 0.6 is 0 Å². The Kier molecular flexibility index (Phi) is 6.69. The molecule has 0 aliphatic carbocycles. The number of aliphatic hydroxyl groups excluding tert-OH is 6. The predicted octanol–water partition coefficient (Wildman–Crippen LogP) is -2.58. The molecule has 0 fully saturated rings. The summed E-state index contributed by atoms with van der Waals surface area (Å²) in [5, 5.41) is 58.3. The van der Waals surface area contributed by atoms with Crippen molar-refractivity contribution >= 4 is 11.6 Å². The first-order chi connectivity index (χ1) is 9.88. The Hall–Kier alpha value is -1.55. The molecule has 0 bridgehead atoms. The van der Waals surface area contributed by atoms with Gasteiger partial charge < -0.3 is 36.0 Å². The topological polar surface area (TPSA) is 150 Å². The van der Waals surface area contributed by atoms with Gasteiger partial charge >= 0.3 is 0 Å². The number of amides is 1. The van der Waals surface area contributed by atoms with Crippen molar-refractivity contribution in [2.75, 3.05) is 11.9 Å². The van der Waals surface area contributed by atoms with Crippen LogP contribution in [-0.2, 0) is 4.79 Å². The smallest absolute Gasteiger partial charge is 0.256 e. The summed E-state index contributed by atoms with van der Waals surface area (Å²) >= 11 is 0. The van der Waals surface area contributed by atoms with E-state index in [4.69, 9.17) is 10.2 Å². The minimum atomic E-state index is -2.04. The molecule has 0 saturated heterocycles. The number of hydrogen-bond acceptors (Lipinski definition) is 7. The molecule has 1 aromatic rings. The van der Waals surface area contributed by atoms with Gasteiger partial charge in [0.1, 0.15) is 24.4 Å². The number of para-hydroxylation sites is 1. The highest BCUT2D eigenvalue weighted by Crippen LogP contribution is 2.11. The highest BCUT2D eigenvalue weighted by molar-refractivity contribution is 5.94. The maximum Gasteiger partial charge on any atom is 0.256 e. The van der Waals surface area contributed by atoms with Crippen molar-refractivity contribution in [3.8, 4) is 0 Å². The number of nitrogens with one attached hydrogen (secondary N) is 1. The maximum absolute atomic E-state index is 11.7. The first-order valence-electron chi connectivity index (χ1n) is 6.25. The van der Waals surface area contributed by atoms with Gasteiger partial charge in [-0.05, 0) is 12.1 Å². The van der Waals surface area contributed by atoms with E-state index in [0.717, 1.165) is 0 Å². The van der Waals surface area contributed by atoms with E-state index in [2.05, 4.69) is 5.32 Å². The highest BCUT2D eigenvalue weighted by atomic mass is 16.4. The number of carbonyl (C=O) groups is 1. The van der Waals surface area contributed by atoms with Gasteiger partial charge in [0.05, 0.1) is 6.61 Å². The third kappa shape index (κ3) is 4.74. The summed E-state index contributed by atoms with van der Waals surface area (Å²) in [6.07, 6.45) is -9.70. The molecule has 118 valence electrons. The second kappa shape index (κ2) is 8.03. The van der Waals surface area contributed by atoms with E-state index in [-0.39, 0.29) is 0 Å². The molecule has 0 heterocycles. The Balaban J connectivity index is 2.64. The van der Waals surface area contributed by atoms with E-state index >= 15 is 0 Å². The van der Waals surface area contributed by atoms with Gasteiger partial charge in [-0.25, -0.2) is 0 Å². The molecule has 0 aliphatic heterocycles. The maximum atomic E-state index is 11.7. The molecule has 21 heavy (non-hydrogen) atoms. The van der Waals surface area contributed by atoms with Gasteiger partial charge in [0.15, 0.2) is 6.10 Å². The third-order valence-corrected chi connectivity index (χ3v) is 2.91. The zero-order valence-corrected chi connectivity index (χ0v) is 11.1. The lowest BCUT2D eigenvalue weighted by Gasteiger charge is -2.27. The summed E-state index contributed by atoms with van der Waals surface area (Å²) in [7, 11) is 0. The quantitative estimate of drug-likeness (QED) is 0.292. The standard InChI is InChI=1S/C13H19NO7/c15-6-8(16)9(17)10(18)11(19)12(20)13(21)14-7-4-2-1-3-5-7/h1-5,8-12,15-20H,6H2,(H,14,21)/t8-,9+,10-,11-,12-/m1/s1. The molecule has 5 atom stereocenters. The fraction of sp³-hybridized carbons (Fsp3) is 0.462. The largest absolute Gasteiger partial charge is 0.394 e. The third-order valence-electron chi connectivity index (χ3n) is 2.91. The van der Waals surface area contributed by atoms with Gasteiger partial charge in [0, 0.05) is 5.69 Å². The van der Waals surface area contributed by atoms with E-state index < -0.39 is 43.0 Å². The summed E-state index contributed by atoms with van der Waals surface area (Å²) < 4.78 is 0. The van der Waals surface area contributed by atoms with Crippen LogP contribution in [0.1, 0.15) is 0 Å². The molecular formula is C13H19NO7. The first kappa shape index (κ1) is 17.5. The second-order valence-electron chi connectivity index (χ2n) is 4.52. The fourth-order valence-electron chi connectivity index (χ4n) is 1.62. The molecule has 7 N–H and O–H groups in total. The van der Waals surface area contributed by atoms with Crippen molar-refractivity contribution < 1.29 is 35.4 Å². The van der Waals surface area contributed by atoms with E-state index in [9.17, 15) is 25.2 Å². The zero-order valence-electron chi connectivity index (χ0n) is 11.1. The van der Waals surface area contributed by atoms with Crippen LogP contribution in [0.5, 0.6) is 0 Å². The van der Waals surface area contributed by atoms with Crippen LogP contribution in [0.25, 0.3) is 0 Å². The van der Waals surface area contributed by atoms with Gasteiger partial charge in [0.25, 0.3) is 5.91 Å². The Bertz CT molecular complexity index is 441. The SMILES string of the molecule is O=C(Nc1ccccc1)[C@H](O)[C@H](O)[C@H](O)[C@@H](O)[C@H](O)CO. The van der Waals surface area contributed by atoms with E-state index in [1.165, 1.54) is 0 Å². The average Bonchev–Trinajstić information content (AvgIpc) is 2.52. The summed E-state index contributed by atoms with van der Waals surface area (Å²) in [5.74, 6) is -0.988. The molecule has 0 radical (unpaired) electrons. The number of carbonyl (C=O) groups excluding carboxylic acids is 1. The van der Waals surface area contributed by atoms with Gasteiger partial charge in [-0.3, -0.25) is 4.79 Å². The Morgan fingerprint density at radius 1 is 0.952 bits per heavy atom. The molecule has 8 heteroatoms. The van der Waals surface area contributed by atoms with Crippen molar-refractivity contribution in [1.29, 1.82) is 0 Å². The van der Waals surface area contributed by atoms with Crippen LogP contribution in [-0.4, -0.2) is 73.7 Å². The second-order valence-corrected chi connectivity index (χ2v) is 4.52. The van der Waals surface area contributed by atoms with Gasteiger partial charge in [0.2, 0.25) is 0 Å². The number of rotatable bonds is 7. The lowest BCUT2D eigenvalue weighted by molar-refractivity contribution is -0.153. The van der Waals surface area contributed by atoms with Crippen LogP contribution in [0, 0.1) is 0 Å². The van der Waals surface area contributed by atoms with E-state index in [0.29, 0.717) is 5.69 Å². The van der Waals surface area contributed by atoms with Crippen molar-refractivity contribution in [2.45, 2.75) is 30.5 Å². The molecule has 0 aromatic heterocycles. The van der Waals surface area contributed by atoms with Crippen LogP contribution in [0.2, 0.25) is 0 Å². The van der Waals surface area contributed by atoms with Crippen LogP contribution in [0.4, 0.5) is 5.69 Å². The Labute approximate surface area is 120 Å². The Morgan fingerprint density at radius 3 is 2.05 bits per heavy atom. The number of hydrogen-bond donors (Lipinski definition) is 7. The fourth-order valence-corrected chi connectivity index (χ4v) is 1.62.